The first kappa shape index (κ1) is 17.5. The lowest BCUT2D eigenvalue weighted by atomic mass is 10.2. The van der Waals surface area contributed by atoms with Crippen molar-refractivity contribution in [1.29, 1.82) is 0 Å². The number of H-pyrrole nitrogens is 1. The van der Waals surface area contributed by atoms with Gasteiger partial charge in [-0.1, -0.05) is 35.9 Å². The van der Waals surface area contributed by atoms with E-state index in [1.807, 2.05) is 0 Å². The smallest absolute Gasteiger partial charge is 0.335 e. The molecule has 0 radical (unpaired) electrons. The minimum absolute atomic E-state index is 0.185. The molecule has 0 spiro atoms. The molecular formula is C18H14ClN3O4. The number of methoxy groups -OCH3 is 1. The van der Waals surface area contributed by atoms with Gasteiger partial charge in [0.25, 0.3) is 5.56 Å². The predicted octanol–water partition coefficient (Wildman–Crippen LogP) is 2.64. The fourth-order valence-corrected chi connectivity index (χ4v) is 2.57. The number of hydrogen-bond acceptors (Lipinski definition) is 5. The summed E-state index contributed by atoms with van der Waals surface area (Å²) >= 11 is 6.03. The monoisotopic (exact) mass is 371 g/mol. The molecular weight excluding hydrogens is 358 g/mol. The van der Waals surface area contributed by atoms with Gasteiger partial charge in [-0.05, 0) is 24.3 Å². The fourth-order valence-electron chi connectivity index (χ4n) is 2.38. The van der Waals surface area contributed by atoms with E-state index in [2.05, 4.69) is 9.98 Å². The van der Waals surface area contributed by atoms with Crippen molar-refractivity contribution in [2.75, 3.05) is 7.11 Å². The maximum absolute atomic E-state index is 12.2. The molecule has 2 N–H and O–H groups in total. The lowest BCUT2D eigenvalue weighted by Gasteiger charge is -2.12. The van der Waals surface area contributed by atoms with Crippen LogP contribution in [0.1, 0.15) is 5.56 Å². The summed E-state index contributed by atoms with van der Waals surface area (Å²) in [6, 6.07) is 13.4. The number of para-hydroxylation sites is 3. The van der Waals surface area contributed by atoms with E-state index in [-0.39, 0.29) is 11.3 Å². The van der Waals surface area contributed by atoms with E-state index < -0.39 is 17.1 Å². The standard InChI is InChI=1S/C18H14ClN3O4/c1-26-15-9-5-4-8-14(15)22-17(24)11(16(23)21-18(22)25)10-20-13-7-3-2-6-12(13)19/h2-10,24H,1H3,(H,21,23,25). The maximum Gasteiger partial charge on any atom is 0.335 e. The molecule has 7 nitrogen and oxygen atoms in total. The van der Waals surface area contributed by atoms with Gasteiger partial charge in [0.15, 0.2) is 0 Å². The van der Waals surface area contributed by atoms with Crippen LogP contribution in [0.15, 0.2) is 63.1 Å². The van der Waals surface area contributed by atoms with Gasteiger partial charge in [-0.2, -0.15) is 0 Å². The molecule has 0 aliphatic rings. The van der Waals surface area contributed by atoms with Crippen LogP contribution in [0.4, 0.5) is 5.69 Å². The summed E-state index contributed by atoms with van der Waals surface area (Å²) in [6.45, 7) is 0. The lowest BCUT2D eigenvalue weighted by molar-refractivity contribution is 0.401. The zero-order valence-corrected chi connectivity index (χ0v) is 14.4. The summed E-state index contributed by atoms with van der Waals surface area (Å²) in [5, 5.41) is 10.9. The first-order valence-electron chi connectivity index (χ1n) is 7.53. The molecule has 132 valence electrons. The Morgan fingerprint density at radius 1 is 1.15 bits per heavy atom. The summed E-state index contributed by atoms with van der Waals surface area (Å²) in [5.41, 5.74) is -1.05. The number of benzene rings is 2. The molecule has 1 aromatic heterocycles. The van der Waals surface area contributed by atoms with Crippen molar-refractivity contribution in [1.82, 2.24) is 9.55 Å². The molecule has 0 unspecified atom stereocenters. The third kappa shape index (κ3) is 3.25. The molecule has 0 atom stereocenters. The number of halogens is 1. The van der Waals surface area contributed by atoms with Crippen LogP contribution in [0.25, 0.3) is 5.69 Å². The second-order valence-electron chi connectivity index (χ2n) is 5.21. The number of aliphatic imine (C=N–C) groups is 1. The van der Waals surface area contributed by atoms with Crippen molar-refractivity contribution >= 4 is 23.5 Å². The Morgan fingerprint density at radius 2 is 1.85 bits per heavy atom. The molecule has 0 saturated heterocycles. The summed E-state index contributed by atoms with van der Waals surface area (Å²) in [5.74, 6) is -0.204. The van der Waals surface area contributed by atoms with Gasteiger partial charge in [0.05, 0.1) is 23.5 Å². The average Bonchev–Trinajstić information content (AvgIpc) is 2.63. The van der Waals surface area contributed by atoms with Crippen molar-refractivity contribution < 1.29 is 9.84 Å². The summed E-state index contributed by atoms with van der Waals surface area (Å²) < 4.78 is 6.15. The van der Waals surface area contributed by atoms with Crippen LogP contribution in [0.2, 0.25) is 5.02 Å². The zero-order valence-electron chi connectivity index (χ0n) is 13.6. The highest BCUT2D eigenvalue weighted by Gasteiger charge is 2.16. The van der Waals surface area contributed by atoms with Crippen LogP contribution < -0.4 is 16.0 Å². The Bertz CT molecular complexity index is 1100. The molecule has 0 amide bonds. The van der Waals surface area contributed by atoms with Crippen LogP contribution in [-0.4, -0.2) is 28.0 Å². The third-order valence-electron chi connectivity index (χ3n) is 3.63. The number of aromatic nitrogens is 2. The van der Waals surface area contributed by atoms with E-state index in [0.717, 1.165) is 10.8 Å². The maximum atomic E-state index is 12.2. The Kier molecular flexibility index (Phi) is 4.90. The molecule has 0 bridgehead atoms. The molecule has 0 saturated carbocycles. The normalized spacial score (nSPS) is 11.0. The highest BCUT2D eigenvalue weighted by molar-refractivity contribution is 6.33. The molecule has 1 heterocycles. The summed E-state index contributed by atoms with van der Waals surface area (Å²) in [6.07, 6.45) is 1.15. The largest absolute Gasteiger partial charge is 0.495 e. The van der Waals surface area contributed by atoms with Crippen LogP contribution in [0, 0.1) is 0 Å². The van der Waals surface area contributed by atoms with E-state index in [9.17, 15) is 14.7 Å². The Hall–Kier alpha value is -3.32. The first-order chi connectivity index (χ1) is 12.5. The van der Waals surface area contributed by atoms with E-state index in [1.165, 1.54) is 7.11 Å². The molecule has 8 heteroatoms. The van der Waals surface area contributed by atoms with Crippen LogP contribution in [0.5, 0.6) is 11.6 Å². The van der Waals surface area contributed by atoms with Crippen LogP contribution in [0.3, 0.4) is 0 Å². The van der Waals surface area contributed by atoms with Gasteiger partial charge in [0.2, 0.25) is 5.88 Å². The second kappa shape index (κ2) is 7.28. The van der Waals surface area contributed by atoms with Gasteiger partial charge in [-0.25, -0.2) is 9.36 Å². The van der Waals surface area contributed by atoms with Crippen LogP contribution >= 0.6 is 11.6 Å². The van der Waals surface area contributed by atoms with Gasteiger partial charge in [-0.3, -0.25) is 14.8 Å². The minimum Gasteiger partial charge on any atom is -0.495 e. The van der Waals surface area contributed by atoms with Gasteiger partial charge in [0, 0.05) is 6.21 Å². The average molecular weight is 372 g/mol. The zero-order chi connectivity index (χ0) is 18.7. The molecule has 3 rings (SSSR count). The van der Waals surface area contributed by atoms with Gasteiger partial charge in [0.1, 0.15) is 11.3 Å². The van der Waals surface area contributed by atoms with Crippen molar-refractivity contribution in [3.8, 4) is 17.3 Å². The lowest BCUT2D eigenvalue weighted by Crippen LogP contribution is -2.31. The molecule has 3 aromatic rings. The van der Waals surface area contributed by atoms with E-state index in [0.29, 0.717) is 16.5 Å². The van der Waals surface area contributed by atoms with Crippen molar-refractivity contribution in [3.05, 3.63) is 80.0 Å². The second-order valence-corrected chi connectivity index (χ2v) is 5.62. The number of aromatic amines is 1. The van der Waals surface area contributed by atoms with E-state index >= 15 is 0 Å². The molecule has 2 aromatic carbocycles. The highest BCUT2D eigenvalue weighted by atomic mass is 35.5. The predicted molar refractivity (Wildman–Crippen MR) is 99.6 cm³/mol. The Balaban J connectivity index is 2.18. The summed E-state index contributed by atoms with van der Waals surface area (Å²) in [4.78, 5) is 30.6. The number of rotatable bonds is 4. The van der Waals surface area contributed by atoms with Gasteiger partial charge in [-0.15, -0.1) is 0 Å². The number of nitrogens with one attached hydrogen (secondary N) is 1. The molecule has 0 aliphatic carbocycles. The first-order valence-corrected chi connectivity index (χ1v) is 7.91. The Labute approximate surface area is 152 Å². The molecule has 26 heavy (non-hydrogen) atoms. The van der Waals surface area contributed by atoms with Gasteiger partial charge >= 0.3 is 5.69 Å². The van der Waals surface area contributed by atoms with Crippen molar-refractivity contribution in [2.24, 2.45) is 4.99 Å². The van der Waals surface area contributed by atoms with E-state index in [1.54, 1.807) is 48.5 Å². The number of aromatic hydroxyl groups is 1. The third-order valence-corrected chi connectivity index (χ3v) is 3.95. The number of nitrogens with zero attached hydrogens (tertiary/aromatic N) is 2. The Morgan fingerprint density at radius 3 is 2.58 bits per heavy atom. The van der Waals surface area contributed by atoms with E-state index in [4.69, 9.17) is 16.3 Å². The minimum atomic E-state index is -0.799. The van der Waals surface area contributed by atoms with Crippen molar-refractivity contribution in [3.63, 3.8) is 0 Å². The fraction of sp³-hybridized carbons (Fsp3) is 0.0556. The number of hydrogen-bond donors (Lipinski definition) is 2. The van der Waals surface area contributed by atoms with Gasteiger partial charge < -0.3 is 9.84 Å². The van der Waals surface area contributed by atoms with Crippen molar-refractivity contribution in [2.45, 2.75) is 0 Å². The molecule has 0 fully saturated rings. The highest BCUT2D eigenvalue weighted by Crippen LogP contribution is 2.26. The summed E-state index contributed by atoms with van der Waals surface area (Å²) in [7, 11) is 1.44. The topological polar surface area (TPSA) is 96.7 Å². The van der Waals surface area contributed by atoms with Crippen LogP contribution in [-0.2, 0) is 0 Å². The quantitative estimate of drug-likeness (QED) is 0.689. The molecule has 0 aliphatic heterocycles. The number of ether oxygens (including phenoxy) is 1. The SMILES string of the molecule is COc1ccccc1-n1c(O)c(C=Nc2ccccc2Cl)c(=O)[nH]c1=O.